The van der Waals surface area contributed by atoms with Crippen molar-refractivity contribution in [3.8, 4) is 0 Å². The second-order valence-corrected chi connectivity index (χ2v) is 5.53. The number of hydrogen-bond acceptors (Lipinski definition) is 4. The highest BCUT2D eigenvalue weighted by atomic mass is 32.2. The van der Waals surface area contributed by atoms with Crippen LogP contribution < -0.4 is 4.72 Å². The zero-order chi connectivity index (χ0) is 11.5. The summed E-state index contributed by atoms with van der Waals surface area (Å²) in [5, 5.41) is 9.96. The van der Waals surface area contributed by atoms with Crippen LogP contribution in [0.4, 0.5) is 0 Å². The van der Waals surface area contributed by atoms with E-state index in [-0.39, 0.29) is 9.77 Å². The van der Waals surface area contributed by atoms with E-state index >= 15 is 0 Å². The number of rotatable bonds is 5. The summed E-state index contributed by atoms with van der Waals surface area (Å²) in [7, 11) is -3.54. The van der Waals surface area contributed by atoms with Crippen molar-refractivity contribution in [2.45, 2.75) is 18.2 Å². The number of hydrogen-bond donors (Lipinski definition) is 2. The Balaban J connectivity index is 2.91. The molecule has 1 aromatic heterocycles. The van der Waals surface area contributed by atoms with E-state index in [9.17, 15) is 13.2 Å². The second-order valence-electron chi connectivity index (χ2n) is 2.85. The van der Waals surface area contributed by atoms with Crippen LogP contribution in [0.5, 0.6) is 0 Å². The number of nitrogens with one attached hydrogen (secondary N) is 1. The Morgan fingerprint density at radius 1 is 1.60 bits per heavy atom. The van der Waals surface area contributed by atoms with Crippen LogP contribution in [-0.2, 0) is 10.0 Å². The molecular weight excluding hydrogens is 238 g/mol. The Hall–Kier alpha value is -0.920. The van der Waals surface area contributed by atoms with Crippen LogP contribution in [0.25, 0.3) is 0 Å². The van der Waals surface area contributed by atoms with E-state index in [1.54, 1.807) is 0 Å². The first-order chi connectivity index (χ1) is 6.97. The minimum absolute atomic E-state index is 0.0124. The summed E-state index contributed by atoms with van der Waals surface area (Å²) in [6, 6.07) is 1.16. The van der Waals surface area contributed by atoms with Gasteiger partial charge in [0.2, 0.25) is 10.0 Å². The third kappa shape index (κ3) is 3.01. The highest BCUT2D eigenvalue weighted by Gasteiger charge is 2.17. The number of carboxylic acid groups (broad SMARTS) is 1. The molecule has 0 atom stereocenters. The summed E-state index contributed by atoms with van der Waals surface area (Å²) in [4.78, 5) is 10.6. The molecule has 0 spiro atoms. The summed E-state index contributed by atoms with van der Waals surface area (Å²) >= 11 is 0.899. The van der Waals surface area contributed by atoms with Crippen molar-refractivity contribution in [1.82, 2.24) is 4.72 Å². The number of carbonyl (C=O) groups is 1. The molecule has 84 valence electrons. The first-order valence-electron chi connectivity index (χ1n) is 4.29. The maximum absolute atomic E-state index is 11.5. The fraction of sp³-hybridized carbons (Fsp3) is 0.375. The van der Waals surface area contributed by atoms with Crippen LogP contribution in [-0.4, -0.2) is 26.0 Å². The monoisotopic (exact) mass is 249 g/mol. The maximum Gasteiger partial charge on any atom is 0.345 e. The van der Waals surface area contributed by atoms with E-state index in [0.717, 1.165) is 17.4 Å². The molecule has 0 amide bonds. The van der Waals surface area contributed by atoms with E-state index in [4.69, 9.17) is 5.11 Å². The lowest BCUT2D eigenvalue weighted by Gasteiger charge is -2.01. The average molecular weight is 249 g/mol. The Kier molecular flexibility index (Phi) is 3.83. The topological polar surface area (TPSA) is 83.5 Å². The number of sulfonamides is 1. The molecule has 0 bridgehead atoms. The molecule has 0 aliphatic rings. The molecule has 0 saturated carbocycles. The van der Waals surface area contributed by atoms with E-state index in [2.05, 4.69) is 4.72 Å². The molecule has 5 nitrogen and oxygen atoms in total. The SMILES string of the molecule is CCCNS(=O)(=O)c1csc(C(=O)O)c1. The van der Waals surface area contributed by atoms with Gasteiger partial charge >= 0.3 is 5.97 Å². The van der Waals surface area contributed by atoms with E-state index in [0.29, 0.717) is 13.0 Å². The largest absolute Gasteiger partial charge is 0.477 e. The quantitative estimate of drug-likeness (QED) is 0.819. The molecular formula is C8H11NO4S2. The molecule has 0 unspecified atom stereocenters. The van der Waals surface area contributed by atoms with Crippen molar-refractivity contribution in [3.63, 3.8) is 0 Å². The van der Waals surface area contributed by atoms with Crippen LogP contribution in [0.1, 0.15) is 23.0 Å². The smallest absolute Gasteiger partial charge is 0.345 e. The van der Waals surface area contributed by atoms with Crippen molar-refractivity contribution in [1.29, 1.82) is 0 Å². The fourth-order valence-corrected chi connectivity index (χ4v) is 3.14. The molecule has 0 fully saturated rings. The Morgan fingerprint density at radius 2 is 2.27 bits per heavy atom. The third-order valence-electron chi connectivity index (χ3n) is 1.64. The van der Waals surface area contributed by atoms with Gasteiger partial charge in [-0.25, -0.2) is 17.9 Å². The van der Waals surface area contributed by atoms with Gasteiger partial charge in [-0.1, -0.05) is 6.92 Å². The molecule has 1 heterocycles. The molecule has 1 rings (SSSR count). The lowest BCUT2D eigenvalue weighted by molar-refractivity contribution is 0.0702. The van der Waals surface area contributed by atoms with Gasteiger partial charge in [0.05, 0.1) is 4.90 Å². The van der Waals surface area contributed by atoms with Crippen molar-refractivity contribution in [2.75, 3.05) is 6.54 Å². The summed E-state index contributed by atoms with van der Waals surface area (Å²) in [6.45, 7) is 2.19. The van der Waals surface area contributed by atoms with Gasteiger partial charge in [-0.3, -0.25) is 0 Å². The predicted molar refractivity (Wildman–Crippen MR) is 56.8 cm³/mol. The Morgan fingerprint density at radius 3 is 2.73 bits per heavy atom. The fourth-order valence-electron chi connectivity index (χ4n) is 0.892. The molecule has 2 N–H and O–H groups in total. The number of aromatic carboxylic acids is 1. The minimum atomic E-state index is -3.54. The van der Waals surface area contributed by atoms with Crippen LogP contribution >= 0.6 is 11.3 Å². The highest BCUT2D eigenvalue weighted by Crippen LogP contribution is 2.18. The molecule has 0 radical (unpaired) electrons. The number of thiophene rings is 1. The lowest BCUT2D eigenvalue weighted by Crippen LogP contribution is -2.23. The standard InChI is InChI=1S/C8H11NO4S2/c1-2-3-9-15(12,13)6-4-7(8(10)11)14-5-6/h4-5,9H,2-3H2,1H3,(H,10,11). The van der Waals surface area contributed by atoms with Crippen LogP contribution in [0.2, 0.25) is 0 Å². The zero-order valence-electron chi connectivity index (χ0n) is 8.06. The number of carboxylic acids is 1. The van der Waals surface area contributed by atoms with Gasteiger partial charge in [0.1, 0.15) is 4.88 Å². The molecule has 0 aromatic carbocycles. The lowest BCUT2D eigenvalue weighted by atomic mass is 10.5. The summed E-state index contributed by atoms with van der Waals surface area (Å²) < 4.78 is 25.4. The van der Waals surface area contributed by atoms with E-state index in [1.807, 2.05) is 6.92 Å². The van der Waals surface area contributed by atoms with Crippen molar-refractivity contribution < 1.29 is 18.3 Å². The van der Waals surface area contributed by atoms with Gasteiger partial charge in [0.25, 0.3) is 0 Å². The summed E-state index contributed by atoms with van der Waals surface area (Å²) in [5.74, 6) is -1.11. The van der Waals surface area contributed by atoms with E-state index in [1.165, 1.54) is 5.38 Å². The van der Waals surface area contributed by atoms with Gasteiger partial charge in [0.15, 0.2) is 0 Å². The van der Waals surface area contributed by atoms with Crippen LogP contribution in [0, 0.1) is 0 Å². The van der Waals surface area contributed by atoms with Crippen LogP contribution in [0.3, 0.4) is 0 Å². The van der Waals surface area contributed by atoms with Gasteiger partial charge in [-0.05, 0) is 12.5 Å². The first-order valence-corrected chi connectivity index (χ1v) is 6.65. The second kappa shape index (κ2) is 4.73. The van der Waals surface area contributed by atoms with E-state index < -0.39 is 16.0 Å². The molecule has 15 heavy (non-hydrogen) atoms. The minimum Gasteiger partial charge on any atom is -0.477 e. The summed E-state index contributed by atoms with van der Waals surface area (Å²) in [6.07, 6.45) is 0.690. The van der Waals surface area contributed by atoms with Gasteiger partial charge in [-0.15, -0.1) is 11.3 Å². The van der Waals surface area contributed by atoms with Crippen molar-refractivity contribution in [2.24, 2.45) is 0 Å². The highest BCUT2D eigenvalue weighted by molar-refractivity contribution is 7.89. The molecule has 0 aliphatic heterocycles. The molecule has 0 aliphatic carbocycles. The molecule has 0 saturated heterocycles. The van der Waals surface area contributed by atoms with Gasteiger partial charge in [0, 0.05) is 11.9 Å². The first kappa shape index (κ1) is 12.2. The summed E-state index contributed by atoms with van der Waals surface area (Å²) in [5.41, 5.74) is 0. The van der Waals surface area contributed by atoms with Gasteiger partial charge < -0.3 is 5.11 Å². The normalized spacial score (nSPS) is 11.5. The zero-order valence-corrected chi connectivity index (χ0v) is 9.69. The third-order valence-corrected chi connectivity index (χ3v) is 4.15. The van der Waals surface area contributed by atoms with Crippen LogP contribution in [0.15, 0.2) is 16.3 Å². The average Bonchev–Trinajstić information content (AvgIpc) is 2.64. The maximum atomic E-state index is 11.5. The predicted octanol–water partition coefficient (Wildman–Crippen LogP) is 1.13. The van der Waals surface area contributed by atoms with Crippen molar-refractivity contribution in [3.05, 3.63) is 16.3 Å². The molecule has 1 aromatic rings. The molecule has 7 heteroatoms. The van der Waals surface area contributed by atoms with Crippen molar-refractivity contribution >= 4 is 27.3 Å². The Bertz CT molecular complexity index is 449. The Labute approximate surface area is 91.8 Å². The van der Waals surface area contributed by atoms with Gasteiger partial charge in [-0.2, -0.15) is 0 Å².